The van der Waals surface area contributed by atoms with Crippen molar-refractivity contribution in [2.24, 2.45) is 13.0 Å². The second kappa shape index (κ2) is 6.16. The van der Waals surface area contributed by atoms with Gasteiger partial charge in [0.1, 0.15) is 0 Å². The van der Waals surface area contributed by atoms with Crippen molar-refractivity contribution < 1.29 is 9.53 Å². The van der Waals surface area contributed by atoms with Crippen LogP contribution in [0.25, 0.3) is 0 Å². The summed E-state index contributed by atoms with van der Waals surface area (Å²) in [6, 6.07) is 0.111. The zero-order valence-electron chi connectivity index (χ0n) is 11.8. The van der Waals surface area contributed by atoms with E-state index in [1.165, 1.54) is 0 Å². The summed E-state index contributed by atoms with van der Waals surface area (Å²) in [5, 5.41) is 10.5. The van der Waals surface area contributed by atoms with Crippen molar-refractivity contribution in [1.29, 1.82) is 0 Å². The number of hydrogen-bond donors (Lipinski definition) is 2. The average molecular weight is 266 g/mol. The highest BCUT2D eigenvalue weighted by atomic mass is 16.5. The summed E-state index contributed by atoms with van der Waals surface area (Å²) in [6.45, 7) is 3.69. The van der Waals surface area contributed by atoms with Crippen LogP contribution in [0, 0.1) is 5.92 Å². The maximum absolute atomic E-state index is 12.1. The van der Waals surface area contributed by atoms with Gasteiger partial charge in [-0.2, -0.15) is 5.10 Å². The quantitative estimate of drug-likeness (QED) is 0.776. The van der Waals surface area contributed by atoms with Crippen LogP contribution >= 0.6 is 0 Å². The minimum atomic E-state index is -0.105. The molecule has 0 aliphatic carbocycles. The second-order valence-electron chi connectivity index (χ2n) is 4.89. The van der Waals surface area contributed by atoms with Crippen LogP contribution in [-0.4, -0.2) is 42.0 Å². The standard InChI is InChI=1S/C13H22N4O2/c1-4-11-9(6-17(3)16-11)5-15-13(18)10-7-19-8-12(10)14-2/h6,10,12,14H,4-5,7-8H2,1-3H3,(H,15,18). The minimum Gasteiger partial charge on any atom is -0.379 e. The van der Waals surface area contributed by atoms with Gasteiger partial charge in [0.05, 0.1) is 24.8 Å². The lowest BCUT2D eigenvalue weighted by atomic mass is 10.0. The van der Waals surface area contributed by atoms with Gasteiger partial charge in [0.2, 0.25) is 5.91 Å². The van der Waals surface area contributed by atoms with Crippen molar-refractivity contribution in [3.05, 3.63) is 17.5 Å². The van der Waals surface area contributed by atoms with Crippen LogP contribution in [0.2, 0.25) is 0 Å². The lowest BCUT2D eigenvalue weighted by Crippen LogP contribution is -2.42. The molecule has 2 heterocycles. The van der Waals surface area contributed by atoms with E-state index in [0.29, 0.717) is 19.8 Å². The molecule has 6 nitrogen and oxygen atoms in total. The third-order valence-corrected chi connectivity index (χ3v) is 3.57. The van der Waals surface area contributed by atoms with Gasteiger partial charge < -0.3 is 15.4 Å². The maximum atomic E-state index is 12.1. The molecule has 1 aromatic heterocycles. The Morgan fingerprint density at radius 2 is 2.37 bits per heavy atom. The Bertz CT molecular complexity index is 444. The molecule has 0 spiro atoms. The third kappa shape index (κ3) is 3.13. The number of aromatic nitrogens is 2. The fourth-order valence-electron chi connectivity index (χ4n) is 2.44. The first-order valence-corrected chi connectivity index (χ1v) is 6.69. The third-order valence-electron chi connectivity index (χ3n) is 3.57. The Hall–Kier alpha value is -1.40. The lowest BCUT2D eigenvalue weighted by molar-refractivity contribution is -0.125. The van der Waals surface area contributed by atoms with E-state index in [9.17, 15) is 4.79 Å². The molecule has 19 heavy (non-hydrogen) atoms. The van der Waals surface area contributed by atoms with E-state index in [1.54, 1.807) is 4.68 Å². The zero-order chi connectivity index (χ0) is 13.8. The van der Waals surface area contributed by atoms with Crippen molar-refractivity contribution in [3.63, 3.8) is 0 Å². The second-order valence-corrected chi connectivity index (χ2v) is 4.89. The molecule has 2 unspecified atom stereocenters. The van der Waals surface area contributed by atoms with Gasteiger partial charge in [-0.25, -0.2) is 0 Å². The van der Waals surface area contributed by atoms with Crippen molar-refractivity contribution >= 4 is 5.91 Å². The highest BCUT2D eigenvalue weighted by Crippen LogP contribution is 2.14. The molecule has 1 aliphatic rings. The SMILES string of the molecule is CCc1nn(C)cc1CNC(=O)C1COCC1NC. The molecule has 1 amide bonds. The predicted octanol–water partition coefficient (Wildman–Crippen LogP) is -0.167. The minimum absolute atomic E-state index is 0.0442. The summed E-state index contributed by atoms with van der Waals surface area (Å²) in [6.07, 6.45) is 2.83. The van der Waals surface area contributed by atoms with Crippen molar-refractivity contribution in [1.82, 2.24) is 20.4 Å². The summed E-state index contributed by atoms with van der Waals surface area (Å²) >= 11 is 0. The smallest absolute Gasteiger partial charge is 0.227 e. The number of amides is 1. The first-order chi connectivity index (χ1) is 9.15. The summed E-state index contributed by atoms with van der Waals surface area (Å²) in [7, 11) is 3.75. The fraction of sp³-hybridized carbons (Fsp3) is 0.692. The number of nitrogens with one attached hydrogen (secondary N) is 2. The first kappa shape index (κ1) is 14.0. The maximum Gasteiger partial charge on any atom is 0.227 e. The van der Waals surface area contributed by atoms with E-state index in [-0.39, 0.29) is 17.9 Å². The summed E-state index contributed by atoms with van der Waals surface area (Å²) in [4.78, 5) is 12.1. The van der Waals surface area contributed by atoms with Gasteiger partial charge in [-0.05, 0) is 13.5 Å². The monoisotopic (exact) mass is 266 g/mol. The number of carbonyl (C=O) groups is 1. The summed E-state index contributed by atoms with van der Waals surface area (Å²) in [5.41, 5.74) is 2.12. The van der Waals surface area contributed by atoms with Crippen LogP contribution < -0.4 is 10.6 Å². The summed E-state index contributed by atoms with van der Waals surface area (Å²) < 4.78 is 7.13. The Kier molecular flexibility index (Phi) is 4.55. The number of nitrogens with zero attached hydrogens (tertiary/aromatic N) is 2. The van der Waals surface area contributed by atoms with Gasteiger partial charge in [0, 0.05) is 31.4 Å². The molecular weight excluding hydrogens is 244 g/mol. The molecule has 1 aliphatic heterocycles. The predicted molar refractivity (Wildman–Crippen MR) is 71.6 cm³/mol. The Balaban J connectivity index is 1.92. The first-order valence-electron chi connectivity index (χ1n) is 6.69. The van der Waals surface area contributed by atoms with E-state index in [0.717, 1.165) is 17.7 Å². The number of rotatable bonds is 5. The van der Waals surface area contributed by atoms with E-state index in [1.807, 2.05) is 20.3 Å². The summed E-state index contributed by atoms with van der Waals surface area (Å²) in [5.74, 6) is -0.0606. The average Bonchev–Trinajstić information content (AvgIpc) is 3.01. The van der Waals surface area contributed by atoms with Gasteiger partial charge in [0.25, 0.3) is 0 Å². The van der Waals surface area contributed by atoms with Gasteiger partial charge in [-0.15, -0.1) is 0 Å². The number of likely N-dealkylation sites (N-methyl/N-ethyl adjacent to an activating group) is 1. The molecule has 2 rings (SSSR count). The van der Waals surface area contributed by atoms with Crippen LogP contribution in [0.4, 0.5) is 0 Å². The van der Waals surface area contributed by atoms with Gasteiger partial charge in [-0.1, -0.05) is 6.92 Å². The molecule has 1 aromatic rings. The molecule has 0 aromatic carbocycles. The van der Waals surface area contributed by atoms with Crippen LogP contribution in [0.15, 0.2) is 6.20 Å². The van der Waals surface area contributed by atoms with E-state index < -0.39 is 0 Å². The zero-order valence-corrected chi connectivity index (χ0v) is 11.8. The topological polar surface area (TPSA) is 68.2 Å². The van der Waals surface area contributed by atoms with Crippen LogP contribution in [-0.2, 0) is 29.5 Å². The van der Waals surface area contributed by atoms with E-state index in [2.05, 4.69) is 22.7 Å². The molecule has 2 N–H and O–H groups in total. The molecule has 6 heteroatoms. The number of aryl methyl sites for hydroxylation is 2. The fourth-order valence-corrected chi connectivity index (χ4v) is 2.44. The number of carbonyl (C=O) groups excluding carboxylic acids is 1. The lowest BCUT2D eigenvalue weighted by Gasteiger charge is -2.16. The largest absolute Gasteiger partial charge is 0.379 e. The van der Waals surface area contributed by atoms with E-state index in [4.69, 9.17) is 4.74 Å². The van der Waals surface area contributed by atoms with Gasteiger partial charge in [0.15, 0.2) is 0 Å². The number of hydrogen-bond acceptors (Lipinski definition) is 4. The Morgan fingerprint density at radius 1 is 1.58 bits per heavy atom. The van der Waals surface area contributed by atoms with Gasteiger partial charge >= 0.3 is 0 Å². The van der Waals surface area contributed by atoms with Crippen LogP contribution in [0.3, 0.4) is 0 Å². The van der Waals surface area contributed by atoms with Crippen LogP contribution in [0.5, 0.6) is 0 Å². The molecule has 2 atom stereocenters. The van der Waals surface area contributed by atoms with E-state index >= 15 is 0 Å². The molecule has 106 valence electrons. The molecule has 1 saturated heterocycles. The van der Waals surface area contributed by atoms with Gasteiger partial charge in [-0.3, -0.25) is 9.48 Å². The normalized spacial score (nSPS) is 22.7. The molecule has 0 radical (unpaired) electrons. The highest BCUT2D eigenvalue weighted by Gasteiger charge is 2.32. The molecule has 1 fully saturated rings. The van der Waals surface area contributed by atoms with Crippen molar-refractivity contribution in [3.8, 4) is 0 Å². The molecule has 0 saturated carbocycles. The highest BCUT2D eigenvalue weighted by molar-refractivity contribution is 5.79. The number of ether oxygens (including phenoxy) is 1. The van der Waals surface area contributed by atoms with Crippen LogP contribution in [0.1, 0.15) is 18.2 Å². The molecule has 0 bridgehead atoms. The molecular formula is C13H22N4O2. The Morgan fingerprint density at radius 3 is 3.05 bits per heavy atom. The van der Waals surface area contributed by atoms with Crippen molar-refractivity contribution in [2.75, 3.05) is 20.3 Å². The van der Waals surface area contributed by atoms with Crippen molar-refractivity contribution in [2.45, 2.75) is 25.9 Å². The Labute approximate surface area is 113 Å².